The van der Waals surface area contributed by atoms with E-state index >= 15 is 0 Å². The van der Waals surface area contributed by atoms with E-state index in [4.69, 9.17) is 10.00 Å². The summed E-state index contributed by atoms with van der Waals surface area (Å²) in [6, 6.07) is 5.34. The molecule has 0 aliphatic carbocycles. The van der Waals surface area contributed by atoms with Crippen molar-refractivity contribution in [2.45, 2.75) is 6.92 Å². The van der Waals surface area contributed by atoms with E-state index in [1.165, 1.54) is 6.20 Å². The van der Waals surface area contributed by atoms with Crippen LogP contribution in [0.4, 0.5) is 5.69 Å². The Morgan fingerprint density at radius 1 is 1.52 bits per heavy atom. The van der Waals surface area contributed by atoms with Crippen LogP contribution in [0.5, 0.6) is 0 Å². The van der Waals surface area contributed by atoms with Gasteiger partial charge in [0.25, 0.3) is 0 Å². The summed E-state index contributed by atoms with van der Waals surface area (Å²) in [5.74, 6) is -0.339. The lowest BCUT2D eigenvalue weighted by atomic mass is 10.1. The van der Waals surface area contributed by atoms with Gasteiger partial charge in [0.2, 0.25) is 5.82 Å². The number of rotatable bonds is 5. The lowest BCUT2D eigenvalue weighted by molar-refractivity contribution is 0.0527. The topological polar surface area (TPSA) is 117 Å². The monoisotopic (exact) mass is 440 g/mol. The van der Waals surface area contributed by atoms with Gasteiger partial charge in [-0.2, -0.15) is 10.5 Å². The van der Waals surface area contributed by atoms with Crippen LogP contribution in [0.2, 0.25) is 0 Å². The average molecular weight is 442 g/mol. The third-order valence-electron chi connectivity index (χ3n) is 2.62. The highest BCUT2D eigenvalue weighted by molar-refractivity contribution is 9.11. The number of esters is 1. The number of aromatic amines is 1. The number of tetrazole rings is 1. The van der Waals surface area contributed by atoms with E-state index in [2.05, 4.69) is 57.8 Å². The second kappa shape index (κ2) is 7.85. The summed E-state index contributed by atoms with van der Waals surface area (Å²) in [6.45, 7) is 1.98. The van der Waals surface area contributed by atoms with Gasteiger partial charge in [-0.3, -0.25) is 0 Å². The van der Waals surface area contributed by atoms with Crippen LogP contribution in [0.3, 0.4) is 0 Å². The van der Waals surface area contributed by atoms with Crippen LogP contribution >= 0.6 is 31.9 Å². The molecule has 23 heavy (non-hydrogen) atoms. The summed E-state index contributed by atoms with van der Waals surface area (Å²) in [4.78, 5) is 12.1. The second-order valence-electron chi connectivity index (χ2n) is 4.08. The fraction of sp³-hybridized carbons (Fsp3) is 0.154. The smallest absolute Gasteiger partial charge is 0.340 e. The molecule has 1 heterocycles. The predicted octanol–water partition coefficient (Wildman–Crippen LogP) is 2.88. The van der Waals surface area contributed by atoms with E-state index in [9.17, 15) is 4.79 Å². The van der Waals surface area contributed by atoms with Crippen molar-refractivity contribution in [3.05, 3.63) is 38.7 Å². The molecule has 0 saturated carbocycles. The van der Waals surface area contributed by atoms with Gasteiger partial charge in [-0.25, -0.2) is 4.79 Å². The van der Waals surface area contributed by atoms with Crippen LogP contribution in [-0.2, 0) is 4.74 Å². The van der Waals surface area contributed by atoms with Gasteiger partial charge in [0, 0.05) is 15.1 Å². The molecular weight excluding hydrogens is 432 g/mol. The van der Waals surface area contributed by atoms with Gasteiger partial charge in [0.15, 0.2) is 0 Å². The molecule has 0 bridgehead atoms. The highest BCUT2D eigenvalue weighted by Crippen LogP contribution is 2.31. The fourth-order valence-electron chi connectivity index (χ4n) is 1.66. The highest BCUT2D eigenvalue weighted by atomic mass is 79.9. The number of carbonyl (C=O) groups is 1. The lowest BCUT2D eigenvalue weighted by Crippen LogP contribution is -2.08. The average Bonchev–Trinajstić information content (AvgIpc) is 3.03. The Kier molecular flexibility index (Phi) is 5.84. The summed E-state index contributed by atoms with van der Waals surface area (Å²) >= 11 is 6.70. The molecule has 0 saturated heterocycles. The highest BCUT2D eigenvalue weighted by Gasteiger charge is 2.17. The minimum Gasteiger partial charge on any atom is -0.462 e. The van der Waals surface area contributed by atoms with Crippen molar-refractivity contribution in [3.8, 4) is 6.07 Å². The number of aromatic nitrogens is 4. The Morgan fingerprint density at radius 2 is 2.30 bits per heavy atom. The van der Waals surface area contributed by atoms with Gasteiger partial charge in [-0.1, -0.05) is 15.9 Å². The molecule has 0 aliphatic rings. The summed E-state index contributed by atoms with van der Waals surface area (Å²) in [5.41, 5.74) is 0.932. The second-order valence-corrected chi connectivity index (χ2v) is 5.85. The van der Waals surface area contributed by atoms with Gasteiger partial charge in [-0.15, -0.1) is 10.2 Å². The molecule has 0 unspecified atom stereocenters. The van der Waals surface area contributed by atoms with Crippen LogP contribution in [0.15, 0.2) is 27.3 Å². The summed E-state index contributed by atoms with van der Waals surface area (Å²) < 4.78 is 6.37. The van der Waals surface area contributed by atoms with Gasteiger partial charge >= 0.3 is 5.97 Å². The normalized spacial score (nSPS) is 11.0. The molecule has 8 nitrogen and oxygen atoms in total. The Hall–Kier alpha value is -2.25. The van der Waals surface area contributed by atoms with Gasteiger partial charge in [0.1, 0.15) is 11.6 Å². The first-order valence-corrected chi connectivity index (χ1v) is 7.92. The number of benzene rings is 1. The third kappa shape index (κ3) is 4.14. The molecule has 0 aliphatic heterocycles. The first kappa shape index (κ1) is 17.1. The Balaban J connectivity index is 2.39. The molecule has 2 aromatic rings. The first-order valence-electron chi connectivity index (χ1n) is 6.33. The molecule has 1 aromatic heterocycles. The minimum absolute atomic E-state index is 0.144. The molecule has 10 heteroatoms. The van der Waals surface area contributed by atoms with Crippen LogP contribution in [0, 0.1) is 11.3 Å². The van der Waals surface area contributed by atoms with Gasteiger partial charge in [0.05, 0.1) is 17.9 Å². The largest absolute Gasteiger partial charge is 0.462 e. The predicted molar refractivity (Wildman–Crippen MR) is 89.2 cm³/mol. The number of H-pyrrole nitrogens is 1. The zero-order valence-corrected chi connectivity index (χ0v) is 15.0. The van der Waals surface area contributed by atoms with Crippen molar-refractivity contribution in [3.63, 3.8) is 0 Å². The summed E-state index contributed by atoms with van der Waals surface area (Å²) in [5, 5.41) is 25.2. The maximum Gasteiger partial charge on any atom is 0.340 e. The van der Waals surface area contributed by atoms with Crippen molar-refractivity contribution in [2.24, 2.45) is 0 Å². The van der Waals surface area contributed by atoms with Crippen LogP contribution < -0.4 is 5.32 Å². The van der Waals surface area contributed by atoms with Crippen molar-refractivity contribution >= 4 is 49.1 Å². The molecule has 0 amide bonds. The van der Waals surface area contributed by atoms with E-state index < -0.39 is 5.97 Å². The van der Waals surface area contributed by atoms with Crippen LogP contribution in [-0.4, -0.2) is 33.2 Å². The Bertz CT molecular complexity index is 783. The maximum absolute atomic E-state index is 12.1. The molecule has 118 valence electrons. The number of carbonyl (C=O) groups excluding carboxylic acids is 1. The molecular formula is C13H10Br2N6O2. The number of nitrogens with zero attached hydrogens (tertiary/aromatic N) is 4. The van der Waals surface area contributed by atoms with E-state index in [0.717, 1.165) is 0 Å². The summed E-state index contributed by atoms with van der Waals surface area (Å²) in [6.07, 6.45) is 1.39. The minimum atomic E-state index is -0.483. The van der Waals surface area contributed by atoms with Crippen molar-refractivity contribution in [1.29, 1.82) is 5.26 Å². The standard InChI is InChI=1S/C13H10Br2N6O2/c1-2-23-13(22)9-3-8(14)4-10(15)11(9)17-6-7(5-16)12-18-20-21-19-12/h3-4,6,17H,2H2,1H3,(H,18,19,20,21). The Morgan fingerprint density at radius 3 is 2.91 bits per heavy atom. The van der Waals surface area contributed by atoms with Crippen molar-refractivity contribution < 1.29 is 9.53 Å². The van der Waals surface area contributed by atoms with Gasteiger partial charge in [-0.05, 0) is 40.2 Å². The van der Waals surface area contributed by atoms with E-state index in [1.807, 2.05) is 6.07 Å². The van der Waals surface area contributed by atoms with Gasteiger partial charge < -0.3 is 10.1 Å². The maximum atomic E-state index is 12.1. The Labute approximate surface area is 148 Å². The molecule has 0 fully saturated rings. The molecule has 1 aromatic carbocycles. The first-order chi connectivity index (χ1) is 11.1. The molecule has 0 atom stereocenters. The number of nitriles is 1. The number of halogens is 2. The lowest BCUT2D eigenvalue weighted by Gasteiger charge is -2.12. The molecule has 0 radical (unpaired) electrons. The zero-order valence-electron chi connectivity index (χ0n) is 11.8. The number of anilines is 1. The molecule has 0 spiro atoms. The van der Waals surface area contributed by atoms with Crippen LogP contribution in [0.1, 0.15) is 23.1 Å². The van der Waals surface area contributed by atoms with E-state index in [-0.39, 0.29) is 18.0 Å². The SMILES string of the molecule is CCOC(=O)c1cc(Br)cc(Br)c1NC=C(C#N)c1nn[nH]n1. The number of hydrogen-bond acceptors (Lipinski definition) is 7. The third-order valence-corrected chi connectivity index (χ3v) is 3.70. The number of nitrogens with one attached hydrogen (secondary N) is 2. The fourth-order valence-corrected chi connectivity index (χ4v) is 3.00. The molecule has 2 rings (SSSR count). The number of hydrogen-bond donors (Lipinski definition) is 2. The number of ether oxygens (including phenoxy) is 1. The number of allylic oxidation sites excluding steroid dienone is 1. The van der Waals surface area contributed by atoms with E-state index in [0.29, 0.717) is 20.2 Å². The summed E-state index contributed by atoms with van der Waals surface area (Å²) in [7, 11) is 0. The quantitative estimate of drug-likeness (QED) is 0.541. The van der Waals surface area contributed by atoms with E-state index in [1.54, 1.807) is 19.1 Å². The van der Waals surface area contributed by atoms with Crippen molar-refractivity contribution in [2.75, 3.05) is 11.9 Å². The zero-order chi connectivity index (χ0) is 16.8. The van der Waals surface area contributed by atoms with Crippen molar-refractivity contribution in [1.82, 2.24) is 20.6 Å². The van der Waals surface area contributed by atoms with Crippen LogP contribution in [0.25, 0.3) is 5.57 Å². The molecule has 2 N–H and O–H groups in total.